The van der Waals surface area contributed by atoms with Crippen LogP contribution in [-0.4, -0.2) is 52.6 Å². The SMILES string of the molecule is C=CC/C=C(\N=C1CN=C(/C=C/N=C(C=CCC)N2CCCCC2)SC1C)C(=C)C=N/C=C\CC. The van der Waals surface area contributed by atoms with Crippen molar-refractivity contribution in [3.8, 4) is 0 Å². The predicted molar refractivity (Wildman–Crippen MR) is 158 cm³/mol. The van der Waals surface area contributed by atoms with Gasteiger partial charge in [-0.05, 0) is 57.6 Å². The normalized spacial score (nSPS) is 21.7. The van der Waals surface area contributed by atoms with Crippen LogP contribution in [0, 0.1) is 0 Å². The standard InChI is InChI=1S/C29H41N5S/c1-6-9-15-26(24(4)22-30-18-11-8-3)33-27-23-32-29(35-25(27)5)17-19-31-28(16-10-7-2)34-20-13-12-14-21-34/h6,10-11,15-19,22,25H,1,4,7-9,12-14,20-21,23H2,2-3,5H3/b16-10?,18-11-,19-17+,26-15-,30-22?,31-28?,33-27?. The average Bonchev–Trinajstić information content (AvgIpc) is 2.88. The fraction of sp³-hybridized carbons (Fsp3) is 0.448. The summed E-state index contributed by atoms with van der Waals surface area (Å²) in [5.74, 6) is 1.05. The summed E-state index contributed by atoms with van der Waals surface area (Å²) in [4.78, 5) is 21.1. The third-order valence-corrected chi connectivity index (χ3v) is 6.63. The summed E-state index contributed by atoms with van der Waals surface area (Å²) in [7, 11) is 0. The number of rotatable bonds is 11. The number of thioether (sulfide) groups is 1. The molecule has 1 saturated heterocycles. The van der Waals surface area contributed by atoms with Crippen LogP contribution in [0.15, 0.2) is 93.3 Å². The maximum absolute atomic E-state index is 4.91. The summed E-state index contributed by atoms with van der Waals surface area (Å²) in [6.07, 6.45) is 24.2. The molecule has 5 nitrogen and oxygen atoms in total. The molecule has 6 heteroatoms. The Labute approximate surface area is 216 Å². The number of likely N-dealkylation sites (tertiary alicyclic amines) is 1. The van der Waals surface area contributed by atoms with Gasteiger partial charge in [0.05, 0.1) is 23.0 Å². The molecule has 0 amide bonds. The summed E-state index contributed by atoms with van der Waals surface area (Å²) in [5, 5.41) is 1.20. The van der Waals surface area contributed by atoms with Gasteiger partial charge in [0.1, 0.15) is 5.84 Å². The van der Waals surface area contributed by atoms with Crippen molar-refractivity contribution in [3.63, 3.8) is 0 Å². The lowest BCUT2D eigenvalue weighted by Crippen LogP contribution is -2.34. The molecule has 2 rings (SSSR count). The molecule has 1 unspecified atom stereocenters. The highest BCUT2D eigenvalue weighted by Crippen LogP contribution is 2.23. The van der Waals surface area contributed by atoms with Gasteiger partial charge in [0, 0.05) is 42.5 Å². The first-order valence-electron chi connectivity index (χ1n) is 12.7. The molecule has 0 bridgehead atoms. The van der Waals surface area contributed by atoms with E-state index in [2.05, 4.69) is 56.0 Å². The molecule has 35 heavy (non-hydrogen) atoms. The molecule has 0 radical (unpaired) electrons. The molecule has 0 saturated carbocycles. The van der Waals surface area contributed by atoms with Gasteiger partial charge in [0.2, 0.25) is 0 Å². The molecule has 1 fully saturated rings. The van der Waals surface area contributed by atoms with Crippen LogP contribution in [0.2, 0.25) is 0 Å². The molecule has 0 aliphatic carbocycles. The Balaban J connectivity index is 2.12. The minimum absolute atomic E-state index is 0.217. The molecule has 0 N–H and O–H groups in total. The number of allylic oxidation sites excluding steroid dienone is 5. The van der Waals surface area contributed by atoms with Crippen LogP contribution in [0.25, 0.3) is 0 Å². The Bertz CT molecular complexity index is 940. The molecule has 188 valence electrons. The van der Waals surface area contributed by atoms with Gasteiger partial charge in [-0.15, -0.1) is 6.58 Å². The Morgan fingerprint density at radius 3 is 2.60 bits per heavy atom. The molecule has 2 heterocycles. The zero-order chi connectivity index (χ0) is 25.3. The molecular formula is C29H41N5S. The van der Waals surface area contributed by atoms with Gasteiger partial charge >= 0.3 is 0 Å². The third-order valence-electron chi connectivity index (χ3n) is 5.50. The molecule has 2 aliphatic heterocycles. The third kappa shape index (κ3) is 10.6. The van der Waals surface area contributed by atoms with E-state index >= 15 is 0 Å². The largest absolute Gasteiger partial charge is 0.357 e. The van der Waals surface area contributed by atoms with Gasteiger partial charge in [-0.1, -0.05) is 56.5 Å². The zero-order valence-electron chi connectivity index (χ0n) is 21.7. The first-order valence-corrected chi connectivity index (χ1v) is 13.6. The van der Waals surface area contributed by atoms with Gasteiger partial charge in [0.25, 0.3) is 0 Å². The van der Waals surface area contributed by atoms with Crippen LogP contribution >= 0.6 is 11.8 Å². The molecule has 0 spiro atoms. The summed E-state index contributed by atoms with van der Waals surface area (Å²) in [6, 6.07) is 0. The number of nitrogens with zero attached hydrogens (tertiary/aromatic N) is 5. The van der Waals surface area contributed by atoms with Crippen molar-refractivity contribution >= 4 is 34.6 Å². The number of amidine groups is 1. The second kappa shape index (κ2) is 16.8. The van der Waals surface area contributed by atoms with E-state index in [4.69, 9.17) is 15.0 Å². The van der Waals surface area contributed by atoms with Crippen molar-refractivity contribution in [2.45, 2.75) is 64.5 Å². The molecule has 0 aromatic heterocycles. The van der Waals surface area contributed by atoms with E-state index in [0.717, 1.165) is 60.2 Å². The predicted octanol–water partition coefficient (Wildman–Crippen LogP) is 7.34. The second-order valence-electron chi connectivity index (χ2n) is 8.39. The molecular weight excluding hydrogens is 450 g/mol. The van der Waals surface area contributed by atoms with Crippen LogP contribution in [0.1, 0.15) is 59.3 Å². The van der Waals surface area contributed by atoms with Crippen LogP contribution in [0.3, 0.4) is 0 Å². The number of hydrogen-bond acceptors (Lipinski definition) is 5. The Kier molecular flexibility index (Phi) is 13.7. The van der Waals surface area contributed by atoms with E-state index < -0.39 is 0 Å². The first-order chi connectivity index (χ1) is 17.1. The number of aliphatic imine (C=N–C) groups is 4. The highest BCUT2D eigenvalue weighted by atomic mass is 32.2. The monoisotopic (exact) mass is 491 g/mol. The van der Waals surface area contributed by atoms with E-state index in [9.17, 15) is 0 Å². The molecule has 1 atom stereocenters. The van der Waals surface area contributed by atoms with Gasteiger partial charge in [-0.25, -0.2) is 4.99 Å². The fourth-order valence-corrected chi connectivity index (χ4v) is 4.41. The van der Waals surface area contributed by atoms with Crippen LogP contribution < -0.4 is 0 Å². The number of piperidine rings is 1. The molecule has 2 aliphatic rings. The lowest BCUT2D eigenvalue weighted by atomic mass is 10.1. The first kappa shape index (κ1) is 28.5. The number of hydrogen-bond donors (Lipinski definition) is 0. The van der Waals surface area contributed by atoms with Gasteiger partial charge < -0.3 is 4.90 Å². The maximum atomic E-state index is 4.91. The average molecular weight is 492 g/mol. The summed E-state index contributed by atoms with van der Waals surface area (Å²) >= 11 is 1.71. The van der Waals surface area contributed by atoms with Gasteiger partial charge in [-0.3, -0.25) is 15.0 Å². The summed E-state index contributed by atoms with van der Waals surface area (Å²) in [5.41, 5.74) is 2.64. The van der Waals surface area contributed by atoms with Gasteiger partial charge in [-0.2, -0.15) is 0 Å². The van der Waals surface area contributed by atoms with Crippen LogP contribution in [0.4, 0.5) is 0 Å². The van der Waals surface area contributed by atoms with Crippen molar-refractivity contribution in [3.05, 3.63) is 73.3 Å². The van der Waals surface area contributed by atoms with Gasteiger partial charge in [0.15, 0.2) is 0 Å². The maximum Gasteiger partial charge on any atom is 0.128 e. The van der Waals surface area contributed by atoms with Crippen LogP contribution in [0.5, 0.6) is 0 Å². The lowest BCUT2D eigenvalue weighted by molar-refractivity contribution is 0.343. The Morgan fingerprint density at radius 2 is 1.91 bits per heavy atom. The van der Waals surface area contributed by atoms with E-state index in [-0.39, 0.29) is 5.25 Å². The highest BCUT2D eigenvalue weighted by Gasteiger charge is 2.19. The second-order valence-corrected chi connectivity index (χ2v) is 9.75. The van der Waals surface area contributed by atoms with Crippen molar-refractivity contribution in [2.24, 2.45) is 20.0 Å². The lowest BCUT2D eigenvalue weighted by Gasteiger charge is -2.28. The smallest absolute Gasteiger partial charge is 0.128 e. The van der Waals surface area contributed by atoms with Crippen molar-refractivity contribution in [2.75, 3.05) is 19.6 Å². The van der Waals surface area contributed by atoms with Crippen molar-refractivity contribution in [1.29, 1.82) is 0 Å². The quantitative estimate of drug-likeness (QED) is 0.131. The van der Waals surface area contributed by atoms with E-state index in [1.165, 1.54) is 19.3 Å². The minimum atomic E-state index is 0.217. The van der Waals surface area contributed by atoms with E-state index in [1.54, 1.807) is 24.2 Å². The van der Waals surface area contributed by atoms with E-state index in [0.29, 0.717) is 6.54 Å². The summed E-state index contributed by atoms with van der Waals surface area (Å²) < 4.78 is 0. The minimum Gasteiger partial charge on any atom is -0.357 e. The molecule has 0 aromatic carbocycles. The fourth-order valence-electron chi connectivity index (χ4n) is 3.51. The Morgan fingerprint density at radius 1 is 1.14 bits per heavy atom. The highest BCUT2D eigenvalue weighted by molar-refractivity contribution is 8.15. The van der Waals surface area contributed by atoms with Crippen LogP contribution in [-0.2, 0) is 0 Å². The topological polar surface area (TPSA) is 52.7 Å². The van der Waals surface area contributed by atoms with Crippen molar-refractivity contribution < 1.29 is 0 Å². The summed E-state index contributed by atoms with van der Waals surface area (Å²) in [6.45, 7) is 17.1. The Hall–Kier alpha value is -2.73. The van der Waals surface area contributed by atoms with E-state index in [1.807, 2.05) is 30.5 Å². The van der Waals surface area contributed by atoms with Crippen molar-refractivity contribution in [1.82, 2.24) is 4.90 Å². The molecule has 0 aromatic rings. The zero-order valence-corrected chi connectivity index (χ0v) is 22.5.